The van der Waals surface area contributed by atoms with Crippen molar-refractivity contribution in [1.82, 2.24) is 10.4 Å². The van der Waals surface area contributed by atoms with Gasteiger partial charge in [-0.2, -0.15) is 5.10 Å². The normalized spacial score (nSPS) is 10.6. The average Bonchev–Trinajstić information content (AvgIpc) is 2.76. The fraction of sp³-hybridized carbons (Fsp3) is 0. The van der Waals surface area contributed by atoms with Crippen molar-refractivity contribution in [3.8, 4) is 0 Å². The Hall–Kier alpha value is -1.53. The summed E-state index contributed by atoms with van der Waals surface area (Å²) in [7, 11) is 0. The molecule has 0 saturated carbocycles. The third-order valence-electron chi connectivity index (χ3n) is 1.89. The van der Waals surface area contributed by atoms with Gasteiger partial charge in [-0.1, -0.05) is 0 Å². The lowest BCUT2D eigenvalue weighted by Crippen LogP contribution is -2.17. The maximum Gasteiger partial charge on any atom is 0.271 e. The second kappa shape index (κ2) is 5.70. The van der Waals surface area contributed by atoms with Crippen LogP contribution in [0.2, 0.25) is 0 Å². The van der Waals surface area contributed by atoms with Gasteiger partial charge in [0, 0.05) is 32.7 Å². The first-order valence-corrected chi connectivity index (χ1v) is 6.40. The van der Waals surface area contributed by atoms with E-state index in [2.05, 4.69) is 31.4 Å². The summed E-state index contributed by atoms with van der Waals surface area (Å²) in [5, 5.41) is 5.83. The van der Waals surface area contributed by atoms with Crippen LogP contribution in [0.25, 0.3) is 0 Å². The third-order valence-corrected chi connectivity index (χ3v) is 3.52. The van der Waals surface area contributed by atoms with Crippen LogP contribution in [0, 0.1) is 0 Å². The van der Waals surface area contributed by atoms with E-state index in [0.717, 1.165) is 9.35 Å². The van der Waals surface area contributed by atoms with Crippen LogP contribution in [0.3, 0.4) is 0 Å². The molecule has 2 rings (SSSR count). The number of amides is 1. The van der Waals surface area contributed by atoms with Crippen molar-refractivity contribution >= 4 is 39.4 Å². The zero-order valence-corrected chi connectivity index (χ0v) is 11.0. The van der Waals surface area contributed by atoms with Crippen LogP contribution in [0.4, 0.5) is 0 Å². The third kappa shape index (κ3) is 3.47. The van der Waals surface area contributed by atoms with Gasteiger partial charge in [0.15, 0.2) is 0 Å². The summed E-state index contributed by atoms with van der Waals surface area (Å²) in [5.74, 6) is -0.251. The zero-order valence-electron chi connectivity index (χ0n) is 8.63. The summed E-state index contributed by atoms with van der Waals surface area (Å²) in [5.41, 5.74) is 2.98. The molecule has 2 aromatic rings. The van der Waals surface area contributed by atoms with Crippen LogP contribution in [0.1, 0.15) is 15.2 Å². The molecule has 2 aromatic heterocycles. The summed E-state index contributed by atoms with van der Waals surface area (Å²) in [4.78, 5) is 16.4. The van der Waals surface area contributed by atoms with E-state index in [4.69, 9.17) is 0 Å². The minimum atomic E-state index is -0.251. The number of halogens is 1. The van der Waals surface area contributed by atoms with Crippen LogP contribution in [0.5, 0.6) is 0 Å². The predicted molar refractivity (Wildman–Crippen MR) is 71.3 cm³/mol. The van der Waals surface area contributed by atoms with E-state index in [-0.39, 0.29) is 5.91 Å². The highest BCUT2D eigenvalue weighted by Crippen LogP contribution is 2.17. The maximum atomic E-state index is 11.6. The summed E-state index contributed by atoms with van der Waals surface area (Å²) >= 11 is 4.88. The predicted octanol–water partition coefficient (Wildman–Crippen LogP) is 2.67. The van der Waals surface area contributed by atoms with Gasteiger partial charge in [0.2, 0.25) is 0 Å². The van der Waals surface area contributed by atoms with Crippen LogP contribution in [-0.4, -0.2) is 17.1 Å². The molecule has 0 aliphatic heterocycles. The molecule has 0 saturated heterocycles. The smallest absolute Gasteiger partial charge is 0.267 e. The fourth-order valence-corrected chi connectivity index (χ4v) is 2.42. The molecule has 86 valence electrons. The summed E-state index contributed by atoms with van der Waals surface area (Å²) in [6.07, 6.45) is 4.73. The standard InChI is InChI=1S/C11H8BrN3OS/c12-9-5-10(17-7-9)6-14-15-11(16)8-1-3-13-4-2-8/h1-7H,(H,15,16). The second-order valence-corrected chi connectivity index (χ2v) is 4.96. The maximum absolute atomic E-state index is 11.6. The van der Waals surface area contributed by atoms with E-state index >= 15 is 0 Å². The number of pyridine rings is 1. The Balaban J connectivity index is 1.95. The topological polar surface area (TPSA) is 54.4 Å². The van der Waals surface area contributed by atoms with Crippen molar-refractivity contribution < 1.29 is 4.79 Å². The molecular formula is C11H8BrN3OS. The summed E-state index contributed by atoms with van der Waals surface area (Å²) in [6.45, 7) is 0. The fourth-order valence-electron chi connectivity index (χ4n) is 1.12. The Kier molecular flexibility index (Phi) is 4.00. The van der Waals surface area contributed by atoms with Crippen LogP contribution in [0.15, 0.2) is 45.5 Å². The van der Waals surface area contributed by atoms with E-state index in [0.29, 0.717) is 5.56 Å². The van der Waals surface area contributed by atoms with Crippen LogP contribution >= 0.6 is 27.3 Å². The Morgan fingerprint density at radius 2 is 2.24 bits per heavy atom. The molecule has 1 amide bonds. The van der Waals surface area contributed by atoms with E-state index in [1.54, 1.807) is 30.7 Å². The van der Waals surface area contributed by atoms with Gasteiger partial charge in [-0.15, -0.1) is 11.3 Å². The number of nitrogens with one attached hydrogen (secondary N) is 1. The summed E-state index contributed by atoms with van der Waals surface area (Å²) < 4.78 is 1.00. The number of nitrogens with zero attached hydrogens (tertiary/aromatic N) is 2. The molecule has 0 aliphatic rings. The molecule has 0 fully saturated rings. The first kappa shape index (κ1) is 11.9. The minimum Gasteiger partial charge on any atom is -0.267 e. The molecule has 0 atom stereocenters. The van der Waals surface area contributed by atoms with Crippen LogP contribution in [-0.2, 0) is 0 Å². The lowest BCUT2D eigenvalue weighted by molar-refractivity contribution is 0.0955. The molecule has 0 unspecified atom stereocenters. The minimum absolute atomic E-state index is 0.251. The van der Waals surface area contributed by atoms with Gasteiger partial charge in [-0.05, 0) is 34.1 Å². The molecule has 2 heterocycles. The lowest BCUT2D eigenvalue weighted by Gasteiger charge is -1.97. The Bertz CT molecular complexity index is 539. The van der Waals surface area contributed by atoms with Crippen molar-refractivity contribution in [3.05, 3.63) is 50.9 Å². The lowest BCUT2D eigenvalue weighted by atomic mass is 10.3. The monoisotopic (exact) mass is 309 g/mol. The molecule has 0 aromatic carbocycles. The Morgan fingerprint density at radius 1 is 1.47 bits per heavy atom. The number of thiophene rings is 1. The average molecular weight is 310 g/mol. The van der Waals surface area contributed by atoms with E-state index in [9.17, 15) is 4.79 Å². The Labute approximate surface area is 111 Å². The van der Waals surface area contributed by atoms with Crippen molar-refractivity contribution in [3.63, 3.8) is 0 Å². The second-order valence-electron chi connectivity index (χ2n) is 3.10. The number of rotatable bonds is 3. The number of hydrazone groups is 1. The zero-order chi connectivity index (χ0) is 12.1. The van der Waals surface area contributed by atoms with E-state index in [1.165, 1.54) is 11.3 Å². The van der Waals surface area contributed by atoms with Gasteiger partial charge in [-0.3, -0.25) is 9.78 Å². The highest BCUT2D eigenvalue weighted by molar-refractivity contribution is 9.10. The SMILES string of the molecule is O=C(NN=Cc1cc(Br)cs1)c1ccncc1. The molecule has 17 heavy (non-hydrogen) atoms. The van der Waals surface area contributed by atoms with E-state index in [1.807, 2.05) is 11.4 Å². The molecular weight excluding hydrogens is 302 g/mol. The molecule has 0 bridgehead atoms. The number of carbonyl (C=O) groups excluding carboxylic acids is 1. The van der Waals surface area contributed by atoms with Gasteiger partial charge in [0.1, 0.15) is 0 Å². The van der Waals surface area contributed by atoms with Gasteiger partial charge in [0.05, 0.1) is 6.21 Å². The quantitative estimate of drug-likeness (QED) is 0.700. The first-order valence-electron chi connectivity index (χ1n) is 4.73. The van der Waals surface area contributed by atoms with E-state index < -0.39 is 0 Å². The van der Waals surface area contributed by atoms with Crippen molar-refractivity contribution in [1.29, 1.82) is 0 Å². The number of aromatic nitrogens is 1. The molecule has 0 radical (unpaired) electrons. The van der Waals surface area contributed by atoms with Gasteiger partial charge in [0.25, 0.3) is 5.91 Å². The molecule has 6 heteroatoms. The molecule has 4 nitrogen and oxygen atoms in total. The van der Waals surface area contributed by atoms with Gasteiger partial charge < -0.3 is 0 Å². The molecule has 0 spiro atoms. The highest BCUT2D eigenvalue weighted by atomic mass is 79.9. The van der Waals surface area contributed by atoms with Gasteiger partial charge >= 0.3 is 0 Å². The van der Waals surface area contributed by atoms with Crippen molar-refractivity contribution in [2.45, 2.75) is 0 Å². The molecule has 0 aliphatic carbocycles. The van der Waals surface area contributed by atoms with Crippen molar-refractivity contribution in [2.24, 2.45) is 5.10 Å². The van der Waals surface area contributed by atoms with Crippen LogP contribution < -0.4 is 5.43 Å². The van der Waals surface area contributed by atoms with Gasteiger partial charge in [-0.25, -0.2) is 5.43 Å². The number of carbonyl (C=O) groups is 1. The number of hydrogen-bond acceptors (Lipinski definition) is 4. The number of hydrogen-bond donors (Lipinski definition) is 1. The largest absolute Gasteiger partial charge is 0.271 e. The Morgan fingerprint density at radius 3 is 2.88 bits per heavy atom. The summed E-state index contributed by atoms with van der Waals surface area (Å²) in [6, 6.07) is 5.19. The van der Waals surface area contributed by atoms with Crippen molar-refractivity contribution in [2.75, 3.05) is 0 Å². The first-order chi connectivity index (χ1) is 8.25. The highest BCUT2D eigenvalue weighted by Gasteiger charge is 2.01. The molecule has 1 N–H and O–H groups in total.